The monoisotopic (exact) mass is 560 g/mol. The predicted octanol–water partition coefficient (Wildman–Crippen LogP) is 11.4. The Balaban J connectivity index is 5.12. The second-order valence-electron chi connectivity index (χ2n) is 12.0. The number of rotatable bonds is 29. The van der Waals surface area contributed by atoms with E-state index in [4.69, 9.17) is 4.74 Å². The van der Waals surface area contributed by atoms with Gasteiger partial charge in [0.25, 0.3) is 0 Å². The fraction of sp³-hybridized carbons (Fsp3) is 0.811. The lowest BCUT2D eigenvalue weighted by Crippen LogP contribution is -2.28. The van der Waals surface area contributed by atoms with Gasteiger partial charge in [-0.1, -0.05) is 95.8 Å². The van der Waals surface area contributed by atoms with Crippen LogP contribution in [0.2, 0.25) is 0 Å². The summed E-state index contributed by atoms with van der Waals surface area (Å²) in [6.07, 6.45) is 39.8. The van der Waals surface area contributed by atoms with Crippen LogP contribution >= 0.6 is 0 Å². The van der Waals surface area contributed by atoms with Gasteiger partial charge in [-0.15, -0.1) is 0 Å². The first-order chi connectivity index (χ1) is 19.5. The van der Waals surface area contributed by atoms with Gasteiger partial charge in [0.1, 0.15) is 6.10 Å². The van der Waals surface area contributed by atoms with Crippen LogP contribution in [-0.2, 0) is 9.53 Å². The summed E-state index contributed by atoms with van der Waals surface area (Å²) in [6, 6.07) is 0. The fourth-order valence-corrected chi connectivity index (χ4v) is 5.17. The molecule has 0 saturated heterocycles. The van der Waals surface area contributed by atoms with E-state index in [0.29, 0.717) is 12.3 Å². The molecule has 40 heavy (non-hydrogen) atoms. The van der Waals surface area contributed by atoms with Crippen molar-refractivity contribution in [3.05, 3.63) is 36.5 Å². The number of hydrogen-bond donors (Lipinski definition) is 0. The van der Waals surface area contributed by atoms with Crippen LogP contribution in [-0.4, -0.2) is 37.6 Å². The van der Waals surface area contributed by atoms with Crippen LogP contribution in [0.3, 0.4) is 0 Å². The van der Waals surface area contributed by atoms with Crippen molar-refractivity contribution in [3.63, 3.8) is 0 Å². The minimum absolute atomic E-state index is 0.00425. The Hall–Kier alpha value is -1.35. The normalized spacial score (nSPS) is 13.1. The molecule has 0 bridgehead atoms. The van der Waals surface area contributed by atoms with Crippen LogP contribution in [0.1, 0.15) is 162 Å². The molecule has 0 aromatic heterocycles. The summed E-state index contributed by atoms with van der Waals surface area (Å²) in [5, 5.41) is 0. The van der Waals surface area contributed by atoms with Gasteiger partial charge in [0.15, 0.2) is 0 Å². The highest BCUT2D eigenvalue weighted by atomic mass is 16.5. The average molecular weight is 560 g/mol. The lowest BCUT2D eigenvalue weighted by molar-refractivity contribution is -0.152. The summed E-state index contributed by atoms with van der Waals surface area (Å²) in [4.78, 5) is 15.0. The highest BCUT2D eigenvalue weighted by Crippen LogP contribution is 2.27. The van der Waals surface area contributed by atoms with E-state index in [1.165, 1.54) is 89.9 Å². The van der Waals surface area contributed by atoms with Gasteiger partial charge in [-0.2, -0.15) is 0 Å². The summed E-state index contributed by atoms with van der Waals surface area (Å²) in [6.45, 7) is 7.71. The Morgan fingerprint density at radius 1 is 0.575 bits per heavy atom. The zero-order valence-electron chi connectivity index (χ0n) is 27.6. The minimum atomic E-state index is -0.00425. The number of carbonyl (C=O) groups is 1. The highest BCUT2D eigenvalue weighted by molar-refractivity contribution is 5.69. The number of unbranched alkanes of at least 4 members (excludes halogenated alkanes) is 11. The molecule has 234 valence electrons. The second-order valence-corrected chi connectivity index (χ2v) is 12.0. The Morgan fingerprint density at radius 2 is 1.00 bits per heavy atom. The SMILES string of the molecule is CCCCC/C=C/CCCC(CCC/C=C/CCCCC)C(CC/C=C/CCCCC)OC(=O)CCCN(C)C. The van der Waals surface area contributed by atoms with Crippen molar-refractivity contribution in [2.45, 2.75) is 168 Å². The molecular formula is C37H69NO2. The van der Waals surface area contributed by atoms with Crippen LogP contribution in [0, 0.1) is 5.92 Å². The topological polar surface area (TPSA) is 29.5 Å². The Bertz CT molecular complexity index is 596. The Labute approximate surface area is 251 Å². The maximum absolute atomic E-state index is 12.9. The van der Waals surface area contributed by atoms with Crippen LogP contribution in [0.4, 0.5) is 0 Å². The number of esters is 1. The van der Waals surface area contributed by atoms with Gasteiger partial charge in [-0.05, 0) is 123 Å². The molecule has 0 heterocycles. The number of nitrogens with zero attached hydrogens (tertiary/aromatic N) is 1. The number of hydrogen-bond acceptors (Lipinski definition) is 3. The maximum atomic E-state index is 12.9. The first-order valence-electron chi connectivity index (χ1n) is 17.3. The molecule has 3 nitrogen and oxygen atoms in total. The van der Waals surface area contributed by atoms with Gasteiger partial charge in [-0.3, -0.25) is 4.79 Å². The summed E-state index contributed by atoms with van der Waals surface area (Å²) in [5.74, 6) is 0.448. The molecule has 0 aromatic carbocycles. The van der Waals surface area contributed by atoms with Crippen LogP contribution in [0.15, 0.2) is 36.5 Å². The van der Waals surface area contributed by atoms with E-state index in [1.807, 2.05) is 0 Å². The Kier molecular flexibility index (Phi) is 29.6. The van der Waals surface area contributed by atoms with Crippen molar-refractivity contribution >= 4 is 5.97 Å². The van der Waals surface area contributed by atoms with Crippen molar-refractivity contribution in [1.29, 1.82) is 0 Å². The number of carbonyl (C=O) groups excluding carboxylic acids is 1. The Morgan fingerprint density at radius 3 is 1.43 bits per heavy atom. The first-order valence-corrected chi connectivity index (χ1v) is 17.3. The maximum Gasteiger partial charge on any atom is 0.306 e. The molecule has 1 unspecified atom stereocenters. The largest absolute Gasteiger partial charge is 0.462 e. The molecule has 0 aliphatic rings. The third-order valence-electron chi connectivity index (χ3n) is 7.73. The number of ether oxygens (including phenoxy) is 1. The molecule has 0 N–H and O–H groups in total. The van der Waals surface area contributed by atoms with E-state index in [1.54, 1.807) is 0 Å². The fourth-order valence-electron chi connectivity index (χ4n) is 5.17. The van der Waals surface area contributed by atoms with Crippen LogP contribution < -0.4 is 0 Å². The second kappa shape index (κ2) is 30.6. The molecule has 0 spiro atoms. The molecule has 0 aliphatic carbocycles. The lowest BCUT2D eigenvalue weighted by atomic mass is 9.88. The van der Waals surface area contributed by atoms with Gasteiger partial charge in [0, 0.05) is 6.42 Å². The summed E-state index contributed by atoms with van der Waals surface area (Å²) < 4.78 is 6.26. The molecule has 0 aromatic rings. The predicted molar refractivity (Wildman–Crippen MR) is 178 cm³/mol. The van der Waals surface area contributed by atoms with Crippen molar-refractivity contribution in [3.8, 4) is 0 Å². The minimum Gasteiger partial charge on any atom is -0.462 e. The van der Waals surface area contributed by atoms with Gasteiger partial charge < -0.3 is 9.64 Å². The van der Waals surface area contributed by atoms with Gasteiger partial charge in [0.05, 0.1) is 0 Å². The lowest BCUT2D eigenvalue weighted by Gasteiger charge is -2.27. The zero-order valence-corrected chi connectivity index (χ0v) is 27.6. The van der Waals surface area contributed by atoms with E-state index in [-0.39, 0.29) is 12.1 Å². The molecule has 3 heteroatoms. The quantitative estimate of drug-likeness (QED) is 0.0518. The summed E-state index contributed by atoms with van der Waals surface area (Å²) >= 11 is 0. The third-order valence-corrected chi connectivity index (χ3v) is 7.73. The summed E-state index contributed by atoms with van der Waals surface area (Å²) in [7, 11) is 4.13. The van der Waals surface area contributed by atoms with E-state index in [0.717, 1.165) is 51.5 Å². The van der Waals surface area contributed by atoms with Crippen LogP contribution in [0.25, 0.3) is 0 Å². The molecular weight excluding hydrogens is 490 g/mol. The smallest absolute Gasteiger partial charge is 0.306 e. The van der Waals surface area contributed by atoms with Crippen LogP contribution in [0.5, 0.6) is 0 Å². The average Bonchev–Trinajstić information content (AvgIpc) is 2.93. The van der Waals surface area contributed by atoms with E-state index in [2.05, 4.69) is 76.2 Å². The van der Waals surface area contributed by atoms with Crippen molar-refractivity contribution < 1.29 is 9.53 Å². The summed E-state index contributed by atoms with van der Waals surface area (Å²) in [5.41, 5.74) is 0. The van der Waals surface area contributed by atoms with Gasteiger partial charge in [-0.25, -0.2) is 0 Å². The molecule has 0 saturated carbocycles. The van der Waals surface area contributed by atoms with E-state index < -0.39 is 0 Å². The van der Waals surface area contributed by atoms with E-state index >= 15 is 0 Å². The molecule has 0 radical (unpaired) electrons. The molecule has 0 aliphatic heterocycles. The molecule has 0 fully saturated rings. The van der Waals surface area contributed by atoms with Crippen molar-refractivity contribution in [1.82, 2.24) is 4.90 Å². The standard InChI is InChI=1S/C37H69NO2/c1-6-9-12-15-18-21-23-26-30-35(31-27-24-22-19-16-13-10-7-2)36(32-28-25-20-17-14-11-8-3)40-37(39)33-29-34-38(4)5/h18-22,25,35-36H,6-17,23-24,26-34H2,1-5H3/b21-18+,22-19+,25-20+. The molecule has 0 rings (SSSR count). The van der Waals surface area contributed by atoms with Gasteiger partial charge >= 0.3 is 5.97 Å². The third kappa shape index (κ3) is 26.9. The van der Waals surface area contributed by atoms with Crippen molar-refractivity contribution in [2.75, 3.05) is 20.6 Å². The highest BCUT2D eigenvalue weighted by Gasteiger charge is 2.24. The molecule has 1 atom stereocenters. The van der Waals surface area contributed by atoms with E-state index in [9.17, 15) is 4.79 Å². The zero-order chi connectivity index (χ0) is 29.5. The number of allylic oxidation sites excluding steroid dienone is 6. The first kappa shape index (κ1) is 38.6. The van der Waals surface area contributed by atoms with Gasteiger partial charge in [0.2, 0.25) is 0 Å². The molecule has 0 amide bonds. The van der Waals surface area contributed by atoms with Crippen molar-refractivity contribution in [2.24, 2.45) is 5.92 Å².